The first kappa shape index (κ1) is 12.9. The van der Waals surface area contributed by atoms with Gasteiger partial charge in [0.1, 0.15) is 5.60 Å². The minimum Gasteiger partial charge on any atom is -0.386 e. The van der Waals surface area contributed by atoms with Crippen molar-refractivity contribution in [3.8, 4) is 0 Å². The lowest BCUT2D eigenvalue weighted by molar-refractivity contribution is -0.0276. The number of aryl methyl sites for hydroxylation is 1. The number of hydrogen-bond acceptors (Lipinski definition) is 4. The Bertz CT molecular complexity index is 450. The molecule has 2 aliphatic rings. The van der Waals surface area contributed by atoms with Gasteiger partial charge in [0.15, 0.2) is 0 Å². The van der Waals surface area contributed by atoms with Crippen LogP contribution in [0.2, 0.25) is 4.34 Å². The third-order valence-corrected chi connectivity index (χ3v) is 5.50. The average molecular weight is 288 g/mol. The second-order valence-corrected chi connectivity index (χ2v) is 7.04. The fourth-order valence-corrected chi connectivity index (χ4v) is 4.20. The van der Waals surface area contributed by atoms with Crippen molar-refractivity contribution in [1.29, 1.82) is 0 Å². The Balaban J connectivity index is 1.65. The van der Waals surface area contributed by atoms with Crippen molar-refractivity contribution in [3.63, 3.8) is 0 Å². The summed E-state index contributed by atoms with van der Waals surface area (Å²) in [4.78, 5) is 1.39. The van der Waals surface area contributed by atoms with Gasteiger partial charge in [0.25, 0.3) is 0 Å². The van der Waals surface area contributed by atoms with Crippen LogP contribution < -0.4 is 5.32 Å². The second-order valence-electron chi connectivity index (χ2n) is 5.27. The van der Waals surface area contributed by atoms with Crippen LogP contribution in [0.5, 0.6) is 0 Å². The van der Waals surface area contributed by atoms with Gasteiger partial charge < -0.3 is 15.2 Å². The van der Waals surface area contributed by atoms with E-state index in [1.165, 1.54) is 10.4 Å². The molecule has 100 valence electrons. The molecule has 0 saturated carbocycles. The van der Waals surface area contributed by atoms with E-state index in [0.717, 1.165) is 17.2 Å². The van der Waals surface area contributed by atoms with Crippen molar-refractivity contribution >= 4 is 22.9 Å². The largest absolute Gasteiger partial charge is 0.386 e. The highest BCUT2D eigenvalue weighted by molar-refractivity contribution is 7.16. The van der Waals surface area contributed by atoms with Crippen molar-refractivity contribution < 1.29 is 9.84 Å². The molecule has 0 radical (unpaired) electrons. The van der Waals surface area contributed by atoms with Gasteiger partial charge >= 0.3 is 0 Å². The van der Waals surface area contributed by atoms with E-state index in [1.54, 1.807) is 11.3 Å². The maximum atomic E-state index is 10.5. The van der Waals surface area contributed by atoms with Crippen LogP contribution in [0.4, 0.5) is 0 Å². The molecule has 1 aromatic rings. The molecular weight excluding hydrogens is 270 g/mol. The predicted octanol–water partition coefficient (Wildman–Crippen LogP) is 2.52. The molecule has 18 heavy (non-hydrogen) atoms. The van der Waals surface area contributed by atoms with Crippen LogP contribution in [0.3, 0.4) is 0 Å². The Kier molecular flexibility index (Phi) is 3.41. The van der Waals surface area contributed by atoms with Crippen molar-refractivity contribution in [3.05, 3.63) is 20.8 Å². The first-order chi connectivity index (χ1) is 8.58. The number of aliphatic hydroxyl groups is 1. The van der Waals surface area contributed by atoms with Crippen molar-refractivity contribution in [2.45, 2.75) is 43.9 Å². The molecule has 1 saturated heterocycles. The molecule has 3 atom stereocenters. The van der Waals surface area contributed by atoms with Gasteiger partial charge in [-0.3, -0.25) is 0 Å². The number of ether oxygens (including phenoxy) is 1. The summed E-state index contributed by atoms with van der Waals surface area (Å²) in [6.45, 7) is 3.18. The van der Waals surface area contributed by atoms with Gasteiger partial charge in [-0.25, -0.2) is 0 Å². The van der Waals surface area contributed by atoms with Crippen molar-refractivity contribution in [1.82, 2.24) is 5.32 Å². The van der Waals surface area contributed by atoms with E-state index in [2.05, 4.69) is 11.4 Å². The summed E-state index contributed by atoms with van der Waals surface area (Å²) >= 11 is 7.72. The maximum absolute atomic E-state index is 10.5. The van der Waals surface area contributed by atoms with Gasteiger partial charge in [0.05, 0.1) is 10.4 Å². The van der Waals surface area contributed by atoms with Crippen LogP contribution in [0.1, 0.15) is 36.2 Å². The number of rotatable bonds is 3. The van der Waals surface area contributed by atoms with Crippen LogP contribution >= 0.6 is 22.9 Å². The third kappa shape index (κ3) is 2.21. The molecule has 1 aliphatic heterocycles. The smallest absolute Gasteiger partial charge is 0.105 e. The zero-order valence-corrected chi connectivity index (χ0v) is 12.0. The van der Waals surface area contributed by atoms with E-state index >= 15 is 0 Å². The number of thiophene rings is 1. The molecule has 1 fully saturated rings. The number of fused-ring (bicyclic) bond motifs is 1. The molecule has 3 nitrogen and oxygen atoms in total. The van der Waals surface area contributed by atoms with Gasteiger partial charge in [-0.15, -0.1) is 11.3 Å². The molecule has 0 amide bonds. The minimum atomic E-state index is -0.720. The number of hydrogen-bond donors (Lipinski definition) is 2. The minimum absolute atomic E-state index is 0.0862. The zero-order valence-electron chi connectivity index (χ0n) is 10.4. The predicted molar refractivity (Wildman–Crippen MR) is 73.4 cm³/mol. The molecule has 2 heterocycles. The van der Waals surface area contributed by atoms with Crippen molar-refractivity contribution in [2.75, 3.05) is 13.2 Å². The van der Waals surface area contributed by atoms with E-state index < -0.39 is 5.60 Å². The number of halogens is 1. The Labute approximate surface area is 116 Å². The Hall–Kier alpha value is -0.130. The van der Waals surface area contributed by atoms with Gasteiger partial charge in [-0.05, 0) is 31.4 Å². The standard InChI is InChI=1S/C13H18ClNO2S/c1-8-13(16,4-5-17-8)7-15-10-2-3-11-9(10)6-12(14)18-11/h6,8,10,15-16H,2-5,7H2,1H3. The molecular formula is C13H18ClNO2S. The Morgan fingerprint density at radius 1 is 1.67 bits per heavy atom. The summed E-state index contributed by atoms with van der Waals surface area (Å²) in [5.41, 5.74) is 0.600. The molecule has 3 rings (SSSR count). The summed E-state index contributed by atoms with van der Waals surface area (Å²) in [5.74, 6) is 0. The van der Waals surface area contributed by atoms with E-state index in [1.807, 2.05) is 6.92 Å². The lowest BCUT2D eigenvalue weighted by atomic mass is 9.96. The molecule has 0 aromatic carbocycles. The Morgan fingerprint density at radius 3 is 3.22 bits per heavy atom. The number of nitrogens with one attached hydrogen (secondary N) is 1. The van der Waals surface area contributed by atoms with Gasteiger partial charge in [-0.2, -0.15) is 0 Å². The Morgan fingerprint density at radius 2 is 2.50 bits per heavy atom. The normalized spacial score (nSPS) is 35.1. The fourth-order valence-electron chi connectivity index (χ4n) is 2.84. The fraction of sp³-hybridized carbons (Fsp3) is 0.692. The summed E-state index contributed by atoms with van der Waals surface area (Å²) in [7, 11) is 0. The lowest BCUT2D eigenvalue weighted by Crippen LogP contribution is -2.46. The van der Waals surface area contributed by atoms with Crippen LogP contribution in [-0.2, 0) is 11.2 Å². The summed E-state index contributed by atoms with van der Waals surface area (Å²) in [6, 6.07) is 2.39. The van der Waals surface area contributed by atoms with Crippen LogP contribution in [0, 0.1) is 0 Å². The van der Waals surface area contributed by atoms with Crippen LogP contribution in [0.15, 0.2) is 6.07 Å². The molecule has 1 aromatic heterocycles. The molecule has 0 spiro atoms. The van der Waals surface area contributed by atoms with Crippen LogP contribution in [0.25, 0.3) is 0 Å². The van der Waals surface area contributed by atoms with E-state index in [0.29, 0.717) is 25.6 Å². The monoisotopic (exact) mass is 287 g/mol. The van der Waals surface area contributed by atoms with E-state index in [-0.39, 0.29) is 6.10 Å². The van der Waals surface area contributed by atoms with E-state index in [9.17, 15) is 5.11 Å². The molecule has 5 heteroatoms. The first-order valence-electron chi connectivity index (χ1n) is 6.44. The second kappa shape index (κ2) is 4.76. The highest BCUT2D eigenvalue weighted by atomic mass is 35.5. The summed E-state index contributed by atoms with van der Waals surface area (Å²) < 4.78 is 6.31. The summed E-state index contributed by atoms with van der Waals surface area (Å²) in [5, 5.41) is 13.9. The highest BCUT2D eigenvalue weighted by Crippen LogP contribution is 2.39. The van der Waals surface area contributed by atoms with Gasteiger partial charge in [0, 0.05) is 30.5 Å². The molecule has 2 N–H and O–H groups in total. The van der Waals surface area contributed by atoms with Gasteiger partial charge in [-0.1, -0.05) is 11.6 Å². The van der Waals surface area contributed by atoms with Crippen molar-refractivity contribution in [2.24, 2.45) is 0 Å². The zero-order chi connectivity index (χ0) is 12.8. The average Bonchev–Trinajstić information content (AvgIpc) is 2.94. The highest BCUT2D eigenvalue weighted by Gasteiger charge is 2.40. The molecule has 3 unspecified atom stereocenters. The van der Waals surface area contributed by atoms with Crippen LogP contribution in [-0.4, -0.2) is 30.0 Å². The van der Waals surface area contributed by atoms with Gasteiger partial charge in [0.2, 0.25) is 0 Å². The topological polar surface area (TPSA) is 41.5 Å². The quantitative estimate of drug-likeness (QED) is 0.898. The maximum Gasteiger partial charge on any atom is 0.105 e. The third-order valence-electron chi connectivity index (χ3n) is 4.16. The summed E-state index contributed by atoms with van der Waals surface area (Å²) in [6.07, 6.45) is 2.82. The SMILES string of the molecule is CC1OCCC1(O)CNC1CCc2sc(Cl)cc21. The first-order valence-corrected chi connectivity index (χ1v) is 7.63. The lowest BCUT2D eigenvalue weighted by Gasteiger charge is -2.28. The van der Waals surface area contributed by atoms with E-state index in [4.69, 9.17) is 16.3 Å². The molecule has 1 aliphatic carbocycles. The molecule has 0 bridgehead atoms.